The zero-order valence-corrected chi connectivity index (χ0v) is 8.89. The van der Waals surface area contributed by atoms with E-state index in [0.717, 1.165) is 25.9 Å². The maximum atomic E-state index is 9.74. The van der Waals surface area contributed by atoms with E-state index in [4.69, 9.17) is 10.8 Å². The summed E-state index contributed by atoms with van der Waals surface area (Å²) in [6.07, 6.45) is 1.43. The summed E-state index contributed by atoms with van der Waals surface area (Å²) in [5.41, 5.74) is 5.90. The van der Waals surface area contributed by atoms with E-state index in [2.05, 4.69) is 4.90 Å². The molecule has 1 heterocycles. The molecule has 0 spiro atoms. The molecule has 0 aromatic rings. The summed E-state index contributed by atoms with van der Waals surface area (Å²) in [4.78, 5) is 2.14. The Bertz CT molecular complexity index is 166. The van der Waals surface area contributed by atoms with Crippen LogP contribution in [-0.4, -0.2) is 53.5 Å². The fraction of sp³-hybridized carbons (Fsp3) is 1.00. The third kappa shape index (κ3) is 3.20. The fourth-order valence-electron chi connectivity index (χ4n) is 2.21. The molecule has 84 valence electrons. The second kappa shape index (κ2) is 5.66. The maximum Gasteiger partial charge on any atom is 0.0578 e. The molecule has 0 aliphatic carbocycles. The van der Waals surface area contributed by atoms with Gasteiger partial charge in [-0.05, 0) is 18.8 Å². The number of piperidine rings is 1. The highest BCUT2D eigenvalue weighted by molar-refractivity contribution is 4.84. The van der Waals surface area contributed by atoms with Crippen molar-refractivity contribution in [3.63, 3.8) is 0 Å². The molecular formula is C10H22N2O2. The summed E-state index contributed by atoms with van der Waals surface area (Å²) in [7, 11) is 0. The minimum Gasteiger partial charge on any atom is -0.395 e. The lowest BCUT2D eigenvalue weighted by molar-refractivity contribution is 0.0358. The Morgan fingerprint density at radius 2 is 2.21 bits per heavy atom. The molecule has 0 aromatic heterocycles. The van der Waals surface area contributed by atoms with Gasteiger partial charge in [-0.3, -0.25) is 4.90 Å². The highest BCUT2D eigenvalue weighted by Gasteiger charge is 2.28. The number of nitrogens with zero attached hydrogens (tertiary/aromatic N) is 1. The van der Waals surface area contributed by atoms with Gasteiger partial charge in [-0.25, -0.2) is 0 Å². The molecule has 1 saturated heterocycles. The summed E-state index contributed by atoms with van der Waals surface area (Å²) in [6, 6.07) is 0.140. The van der Waals surface area contributed by atoms with Gasteiger partial charge in [0.1, 0.15) is 0 Å². The van der Waals surface area contributed by atoms with E-state index in [1.807, 2.05) is 6.92 Å². The number of nitrogens with two attached hydrogens (primary N) is 1. The van der Waals surface area contributed by atoms with Crippen LogP contribution < -0.4 is 5.73 Å². The van der Waals surface area contributed by atoms with Crippen LogP contribution in [-0.2, 0) is 0 Å². The highest BCUT2D eigenvalue weighted by atomic mass is 16.3. The molecule has 0 amide bonds. The predicted octanol–water partition coefficient (Wildman–Crippen LogP) is -0.601. The predicted molar refractivity (Wildman–Crippen MR) is 55.9 cm³/mol. The lowest BCUT2D eigenvalue weighted by Gasteiger charge is -2.37. The van der Waals surface area contributed by atoms with Gasteiger partial charge in [-0.1, -0.05) is 6.92 Å². The molecule has 3 unspecified atom stereocenters. The van der Waals surface area contributed by atoms with E-state index < -0.39 is 0 Å². The van der Waals surface area contributed by atoms with Gasteiger partial charge in [-0.15, -0.1) is 0 Å². The van der Waals surface area contributed by atoms with E-state index in [-0.39, 0.29) is 24.7 Å². The van der Waals surface area contributed by atoms with Crippen LogP contribution >= 0.6 is 0 Å². The number of rotatable bonds is 4. The minimum absolute atomic E-state index is 0.140. The number of likely N-dealkylation sites (tertiary alicyclic amines) is 1. The van der Waals surface area contributed by atoms with Crippen LogP contribution in [0.25, 0.3) is 0 Å². The van der Waals surface area contributed by atoms with Gasteiger partial charge < -0.3 is 15.9 Å². The van der Waals surface area contributed by atoms with E-state index in [9.17, 15) is 5.11 Å². The molecule has 3 atom stereocenters. The molecule has 1 fully saturated rings. The second-order valence-electron chi connectivity index (χ2n) is 4.21. The molecule has 0 aromatic carbocycles. The van der Waals surface area contributed by atoms with Gasteiger partial charge in [0, 0.05) is 25.7 Å². The topological polar surface area (TPSA) is 69.7 Å². The third-order valence-corrected chi connectivity index (χ3v) is 2.97. The SMILES string of the molecule is CCC(O)C1CC(N)CN(CCO)C1. The van der Waals surface area contributed by atoms with E-state index >= 15 is 0 Å². The average Bonchev–Trinajstić information content (AvgIpc) is 2.16. The lowest BCUT2D eigenvalue weighted by Crippen LogP contribution is -2.50. The summed E-state index contributed by atoms with van der Waals surface area (Å²) in [5, 5.41) is 18.6. The number of β-amino-alcohol motifs (C(OH)–C–C–N with tert-alkyl or cyclic N) is 1. The Labute approximate surface area is 85.7 Å². The van der Waals surface area contributed by atoms with Crippen LogP contribution in [0.5, 0.6) is 0 Å². The lowest BCUT2D eigenvalue weighted by atomic mass is 9.89. The van der Waals surface area contributed by atoms with E-state index in [1.165, 1.54) is 0 Å². The zero-order valence-electron chi connectivity index (χ0n) is 8.89. The first kappa shape index (κ1) is 11.9. The van der Waals surface area contributed by atoms with E-state index in [1.54, 1.807) is 0 Å². The Hall–Kier alpha value is -0.160. The highest BCUT2D eigenvalue weighted by Crippen LogP contribution is 2.20. The second-order valence-corrected chi connectivity index (χ2v) is 4.21. The molecule has 4 N–H and O–H groups in total. The van der Waals surface area contributed by atoms with Gasteiger partial charge in [0.25, 0.3) is 0 Å². The van der Waals surface area contributed by atoms with Gasteiger partial charge in [0.15, 0.2) is 0 Å². The minimum atomic E-state index is -0.248. The van der Waals surface area contributed by atoms with Crippen molar-refractivity contribution in [1.82, 2.24) is 4.90 Å². The van der Waals surface area contributed by atoms with Crippen molar-refractivity contribution >= 4 is 0 Å². The molecule has 0 radical (unpaired) electrons. The Balaban J connectivity index is 2.45. The van der Waals surface area contributed by atoms with Crippen molar-refractivity contribution in [2.45, 2.75) is 31.9 Å². The first-order valence-electron chi connectivity index (χ1n) is 5.44. The first-order valence-corrected chi connectivity index (χ1v) is 5.44. The molecule has 1 aliphatic rings. The summed E-state index contributed by atoms with van der Waals surface area (Å²) >= 11 is 0. The van der Waals surface area contributed by atoms with Crippen molar-refractivity contribution in [3.05, 3.63) is 0 Å². The Morgan fingerprint density at radius 1 is 1.50 bits per heavy atom. The molecule has 4 heteroatoms. The normalized spacial score (nSPS) is 31.7. The van der Waals surface area contributed by atoms with Gasteiger partial charge >= 0.3 is 0 Å². The fourth-order valence-corrected chi connectivity index (χ4v) is 2.21. The van der Waals surface area contributed by atoms with E-state index in [0.29, 0.717) is 6.54 Å². The number of hydrogen-bond acceptors (Lipinski definition) is 4. The number of aliphatic hydroxyl groups is 2. The first-order chi connectivity index (χ1) is 6.67. The van der Waals surface area contributed by atoms with Crippen LogP contribution in [0.3, 0.4) is 0 Å². The molecule has 0 saturated carbocycles. The third-order valence-electron chi connectivity index (χ3n) is 2.97. The van der Waals surface area contributed by atoms with Crippen molar-refractivity contribution in [3.8, 4) is 0 Å². The molecule has 0 bridgehead atoms. The van der Waals surface area contributed by atoms with Crippen LogP contribution in [0.1, 0.15) is 19.8 Å². The Kier molecular flexibility index (Phi) is 4.81. The van der Waals surface area contributed by atoms with Gasteiger partial charge in [0.05, 0.1) is 12.7 Å². The quantitative estimate of drug-likeness (QED) is 0.569. The number of hydrogen-bond donors (Lipinski definition) is 3. The van der Waals surface area contributed by atoms with Crippen molar-refractivity contribution in [2.75, 3.05) is 26.2 Å². The molecule has 1 aliphatic heterocycles. The Morgan fingerprint density at radius 3 is 2.79 bits per heavy atom. The van der Waals surface area contributed by atoms with Crippen molar-refractivity contribution < 1.29 is 10.2 Å². The standard InChI is InChI=1S/C10H22N2O2/c1-2-10(14)8-5-9(11)7-12(6-8)3-4-13/h8-10,13-14H,2-7,11H2,1H3. The van der Waals surface area contributed by atoms with Gasteiger partial charge in [0.2, 0.25) is 0 Å². The summed E-state index contributed by atoms with van der Waals surface area (Å²) in [6.45, 7) is 4.53. The molecular weight excluding hydrogens is 180 g/mol. The smallest absolute Gasteiger partial charge is 0.0578 e. The molecule has 14 heavy (non-hydrogen) atoms. The zero-order chi connectivity index (χ0) is 10.6. The average molecular weight is 202 g/mol. The molecule has 4 nitrogen and oxygen atoms in total. The van der Waals surface area contributed by atoms with Crippen LogP contribution in [0.4, 0.5) is 0 Å². The van der Waals surface area contributed by atoms with Crippen molar-refractivity contribution in [1.29, 1.82) is 0 Å². The van der Waals surface area contributed by atoms with Gasteiger partial charge in [-0.2, -0.15) is 0 Å². The monoisotopic (exact) mass is 202 g/mol. The largest absolute Gasteiger partial charge is 0.395 e. The van der Waals surface area contributed by atoms with Crippen LogP contribution in [0.15, 0.2) is 0 Å². The number of aliphatic hydroxyl groups excluding tert-OH is 2. The maximum absolute atomic E-state index is 9.74. The summed E-state index contributed by atoms with van der Waals surface area (Å²) in [5.74, 6) is 0.273. The van der Waals surface area contributed by atoms with Crippen LogP contribution in [0.2, 0.25) is 0 Å². The molecule has 1 rings (SSSR count). The summed E-state index contributed by atoms with van der Waals surface area (Å²) < 4.78 is 0. The van der Waals surface area contributed by atoms with Crippen molar-refractivity contribution in [2.24, 2.45) is 11.7 Å². The van der Waals surface area contributed by atoms with Crippen LogP contribution in [0, 0.1) is 5.92 Å².